The molecule has 2 N–H and O–H groups in total. The van der Waals surface area contributed by atoms with Crippen molar-refractivity contribution in [1.82, 2.24) is 25.3 Å². The Kier molecular flexibility index (Phi) is 3.53. The summed E-state index contributed by atoms with van der Waals surface area (Å²) < 4.78 is 1.72. The van der Waals surface area contributed by atoms with Crippen LogP contribution in [0.25, 0.3) is 0 Å². The summed E-state index contributed by atoms with van der Waals surface area (Å²) >= 11 is 0. The maximum Gasteiger partial charge on any atom is 0.277 e. The number of rotatable bonds is 4. The first kappa shape index (κ1) is 13.5. The van der Waals surface area contributed by atoms with Gasteiger partial charge in [0.2, 0.25) is 0 Å². The molecule has 21 heavy (non-hydrogen) atoms. The van der Waals surface area contributed by atoms with Gasteiger partial charge in [-0.05, 0) is 12.1 Å². The van der Waals surface area contributed by atoms with Crippen molar-refractivity contribution in [2.24, 2.45) is 0 Å². The average molecular weight is 287 g/mol. The molecule has 0 aromatic carbocycles. The predicted octanol–water partition coefficient (Wildman–Crippen LogP) is 0.136. The molecule has 1 aliphatic rings. The lowest BCUT2D eigenvalue weighted by molar-refractivity contribution is 0.102. The first-order valence-electron chi connectivity index (χ1n) is 6.71. The number of amides is 1. The van der Waals surface area contributed by atoms with Gasteiger partial charge in [0.1, 0.15) is 0 Å². The first-order valence-corrected chi connectivity index (χ1v) is 6.71. The van der Waals surface area contributed by atoms with Crippen LogP contribution in [0.3, 0.4) is 0 Å². The second kappa shape index (κ2) is 5.49. The number of hydrogen-bond acceptors (Lipinski definition) is 6. The molecule has 1 amide bonds. The van der Waals surface area contributed by atoms with E-state index in [1.807, 2.05) is 19.0 Å². The number of hydrogen-bond donors (Lipinski definition) is 2. The normalized spacial score (nSPS) is 14.6. The highest BCUT2D eigenvalue weighted by Gasteiger charge is 2.22. The van der Waals surface area contributed by atoms with Gasteiger partial charge in [0, 0.05) is 33.4 Å². The van der Waals surface area contributed by atoms with Gasteiger partial charge in [-0.1, -0.05) is 5.21 Å². The third kappa shape index (κ3) is 2.70. The zero-order valence-electron chi connectivity index (χ0n) is 11.9. The summed E-state index contributed by atoms with van der Waals surface area (Å²) in [5.41, 5.74) is 0.947. The van der Waals surface area contributed by atoms with Crippen molar-refractivity contribution >= 4 is 17.4 Å². The summed E-state index contributed by atoms with van der Waals surface area (Å²) in [7, 11) is 3.75. The molecule has 0 atom stereocenters. The Morgan fingerprint density at radius 3 is 2.95 bits per heavy atom. The quantitative estimate of drug-likeness (QED) is 0.831. The fourth-order valence-corrected chi connectivity index (χ4v) is 2.06. The first-order chi connectivity index (χ1) is 10.1. The lowest BCUT2D eigenvalue weighted by Crippen LogP contribution is -2.43. The molecular weight excluding hydrogens is 270 g/mol. The minimum Gasteiger partial charge on any atom is -0.361 e. The van der Waals surface area contributed by atoms with Crippen LogP contribution in [0.2, 0.25) is 0 Å². The molecule has 0 radical (unpaired) electrons. The van der Waals surface area contributed by atoms with E-state index in [-0.39, 0.29) is 11.9 Å². The van der Waals surface area contributed by atoms with Crippen LogP contribution in [0.15, 0.2) is 24.5 Å². The van der Waals surface area contributed by atoms with E-state index in [9.17, 15) is 4.79 Å². The number of carbonyl (C=O) groups excluding carboxylic acids is 1. The Morgan fingerprint density at radius 1 is 1.48 bits per heavy atom. The maximum atomic E-state index is 12.2. The van der Waals surface area contributed by atoms with E-state index in [0.717, 1.165) is 13.1 Å². The lowest BCUT2D eigenvalue weighted by Gasteiger charge is -2.26. The van der Waals surface area contributed by atoms with Crippen LogP contribution in [0.4, 0.5) is 11.5 Å². The van der Waals surface area contributed by atoms with Gasteiger partial charge < -0.3 is 15.5 Å². The molecule has 2 aromatic rings. The third-order valence-corrected chi connectivity index (χ3v) is 3.34. The van der Waals surface area contributed by atoms with E-state index in [4.69, 9.17) is 0 Å². The Morgan fingerprint density at radius 2 is 2.29 bits per heavy atom. The highest BCUT2D eigenvalue weighted by molar-refractivity contribution is 6.04. The van der Waals surface area contributed by atoms with Gasteiger partial charge >= 0.3 is 0 Å². The number of nitrogens with zero attached hydrogens (tertiary/aromatic N) is 5. The zero-order valence-corrected chi connectivity index (χ0v) is 11.9. The maximum absolute atomic E-state index is 12.2. The molecule has 1 aliphatic heterocycles. The van der Waals surface area contributed by atoms with E-state index < -0.39 is 0 Å². The number of anilines is 2. The van der Waals surface area contributed by atoms with Gasteiger partial charge in [-0.3, -0.25) is 4.79 Å². The van der Waals surface area contributed by atoms with E-state index >= 15 is 0 Å². The Hall–Kier alpha value is -2.48. The fraction of sp³-hybridized carbons (Fsp3) is 0.385. The molecule has 110 valence electrons. The molecule has 8 heteroatoms. The van der Waals surface area contributed by atoms with Crippen LogP contribution in [-0.4, -0.2) is 53.1 Å². The average Bonchev–Trinajstić information content (AvgIpc) is 2.86. The minimum atomic E-state index is -0.287. The van der Waals surface area contributed by atoms with Crippen molar-refractivity contribution in [2.45, 2.75) is 6.04 Å². The van der Waals surface area contributed by atoms with Crippen molar-refractivity contribution < 1.29 is 4.79 Å². The van der Waals surface area contributed by atoms with Crippen molar-refractivity contribution in [3.63, 3.8) is 0 Å². The highest BCUT2D eigenvalue weighted by Crippen LogP contribution is 2.21. The van der Waals surface area contributed by atoms with Gasteiger partial charge in [-0.2, -0.15) is 0 Å². The summed E-state index contributed by atoms with van der Waals surface area (Å²) in [4.78, 5) is 18.3. The lowest BCUT2D eigenvalue weighted by atomic mass is 10.2. The number of aromatic nitrogens is 4. The molecule has 3 heterocycles. The summed E-state index contributed by atoms with van der Waals surface area (Å²) in [6.45, 7) is 1.72. The SMILES string of the molecule is CN(C)c1ncccc1NC(=O)c1cn(C2CNC2)nn1. The second-order valence-corrected chi connectivity index (χ2v) is 5.12. The van der Waals surface area contributed by atoms with Gasteiger partial charge in [0.05, 0.1) is 17.9 Å². The van der Waals surface area contributed by atoms with Crippen LogP contribution in [-0.2, 0) is 0 Å². The van der Waals surface area contributed by atoms with E-state index in [0.29, 0.717) is 17.2 Å². The van der Waals surface area contributed by atoms with Gasteiger partial charge in [-0.25, -0.2) is 9.67 Å². The second-order valence-electron chi connectivity index (χ2n) is 5.12. The summed E-state index contributed by atoms with van der Waals surface area (Å²) in [5.74, 6) is 0.408. The molecular formula is C13H17N7O. The molecule has 0 unspecified atom stereocenters. The molecule has 1 saturated heterocycles. The standard InChI is InChI=1S/C13H17N7O/c1-19(2)12-10(4-3-5-15-12)16-13(21)11-8-20(18-17-11)9-6-14-7-9/h3-5,8-9,14H,6-7H2,1-2H3,(H,16,21). The van der Waals surface area contributed by atoms with Crippen LogP contribution >= 0.6 is 0 Å². The molecule has 0 aliphatic carbocycles. The molecule has 3 rings (SSSR count). The van der Waals surface area contributed by atoms with Crippen molar-refractivity contribution in [3.8, 4) is 0 Å². The largest absolute Gasteiger partial charge is 0.361 e. The predicted molar refractivity (Wildman–Crippen MR) is 78.4 cm³/mol. The molecule has 0 saturated carbocycles. The Labute approximate surface area is 122 Å². The number of nitrogens with one attached hydrogen (secondary N) is 2. The Bertz CT molecular complexity index is 647. The van der Waals surface area contributed by atoms with E-state index in [1.54, 1.807) is 29.2 Å². The van der Waals surface area contributed by atoms with Crippen LogP contribution in [0, 0.1) is 0 Å². The zero-order chi connectivity index (χ0) is 14.8. The third-order valence-electron chi connectivity index (χ3n) is 3.34. The molecule has 0 bridgehead atoms. The summed E-state index contributed by atoms with van der Waals surface area (Å²) in [5, 5.41) is 13.9. The van der Waals surface area contributed by atoms with Gasteiger partial charge in [-0.15, -0.1) is 5.10 Å². The summed E-state index contributed by atoms with van der Waals surface area (Å²) in [6, 6.07) is 3.87. The van der Waals surface area contributed by atoms with Gasteiger partial charge in [0.25, 0.3) is 5.91 Å². The molecule has 8 nitrogen and oxygen atoms in total. The number of pyridine rings is 1. The minimum absolute atomic E-state index is 0.287. The van der Waals surface area contributed by atoms with E-state index in [1.165, 1.54) is 0 Å². The van der Waals surface area contributed by atoms with Crippen molar-refractivity contribution in [2.75, 3.05) is 37.4 Å². The molecule has 1 fully saturated rings. The van der Waals surface area contributed by atoms with E-state index in [2.05, 4.69) is 25.9 Å². The molecule has 0 spiro atoms. The smallest absolute Gasteiger partial charge is 0.277 e. The topological polar surface area (TPSA) is 88.0 Å². The molecule has 2 aromatic heterocycles. The highest BCUT2D eigenvalue weighted by atomic mass is 16.2. The summed E-state index contributed by atoms with van der Waals surface area (Å²) in [6.07, 6.45) is 3.36. The fourth-order valence-electron chi connectivity index (χ4n) is 2.06. The van der Waals surface area contributed by atoms with Crippen LogP contribution in [0.1, 0.15) is 16.5 Å². The van der Waals surface area contributed by atoms with Crippen LogP contribution < -0.4 is 15.5 Å². The van der Waals surface area contributed by atoms with Crippen LogP contribution in [0.5, 0.6) is 0 Å². The van der Waals surface area contributed by atoms with Crippen molar-refractivity contribution in [3.05, 3.63) is 30.2 Å². The number of carbonyl (C=O) groups is 1. The van der Waals surface area contributed by atoms with Gasteiger partial charge in [0.15, 0.2) is 11.5 Å². The van der Waals surface area contributed by atoms with Crippen molar-refractivity contribution in [1.29, 1.82) is 0 Å². The monoisotopic (exact) mass is 287 g/mol. The Balaban J connectivity index is 1.75.